The minimum Gasteiger partial charge on any atom is -1.00 e. The molecule has 0 aliphatic heterocycles. The Hall–Kier alpha value is -0.973. The van der Waals surface area contributed by atoms with Gasteiger partial charge in [0.25, 0.3) is 0 Å². The van der Waals surface area contributed by atoms with Gasteiger partial charge in [0.2, 0.25) is 0 Å². The van der Waals surface area contributed by atoms with Crippen LogP contribution < -0.4 is 18.9 Å². The normalized spacial score (nSPS) is 9.62. The van der Waals surface area contributed by atoms with Gasteiger partial charge < -0.3 is 6.53 Å². The molecule has 2 aromatic rings. The number of pyridine rings is 1. The first kappa shape index (κ1) is 10.1. The van der Waals surface area contributed by atoms with Crippen LogP contribution in [-0.2, 0) is 0 Å². The quantitative estimate of drug-likeness (QED) is 0.530. The largest absolute Gasteiger partial charge is 1.00 e. The van der Waals surface area contributed by atoms with Gasteiger partial charge in [-0.3, -0.25) is 4.98 Å². The fourth-order valence-corrected chi connectivity index (χ4v) is 1.32. The summed E-state index contributed by atoms with van der Waals surface area (Å²) in [5.74, 6) is 0.255. The Labute approximate surface area is 90.3 Å². The van der Waals surface area contributed by atoms with E-state index in [0.29, 0.717) is 5.52 Å². The Kier molecular flexibility index (Phi) is 2.97. The number of phenols is 1. The van der Waals surface area contributed by atoms with Crippen LogP contribution >= 0.6 is 0 Å². The van der Waals surface area contributed by atoms with E-state index in [1.54, 1.807) is 12.3 Å². The van der Waals surface area contributed by atoms with Gasteiger partial charge in [0.1, 0.15) is 11.3 Å². The van der Waals surface area contributed by atoms with Crippen LogP contribution in [0.25, 0.3) is 10.9 Å². The first-order valence-corrected chi connectivity index (χ1v) is 3.82. The number of rotatable bonds is 0. The molecule has 0 aliphatic rings. The third kappa shape index (κ3) is 1.85. The second-order valence-corrected chi connectivity index (χ2v) is 2.86. The maximum atomic E-state index is 9.49. The molecule has 1 aromatic heterocycles. The van der Waals surface area contributed by atoms with E-state index in [9.17, 15) is 5.11 Å². The van der Waals surface area contributed by atoms with Gasteiger partial charge in [-0.25, -0.2) is 0 Å². The molecular weight excluding hydrogens is 157 g/mol. The van der Waals surface area contributed by atoms with Crippen molar-refractivity contribution in [3.63, 3.8) is 0 Å². The molecular formula is C10H10LiNO. The summed E-state index contributed by atoms with van der Waals surface area (Å²) < 4.78 is 0. The number of benzene rings is 1. The smallest absolute Gasteiger partial charge is 1.00 e. The number of aryl methyl sites for hydroxylation is 1. The van der Waals surface area contributed by atoms with E-state index < -0.39 is 0 Å². The summed E-state index contributed by atoms with van der Waals surface area (Å²) in [5, 5.41) is 10.5. The number of fused-ring (bicyclic) bond motifs is 1. The van der Waals surface area contributed by atoms with Crippen LogP contribution in [0.15, 0.2) is 30.5 Å². The van der Waals surface area contributed by atoms with Gasteiger partial charge in [-0.15, -0.1) is 0 Å². The average Bonchev–Trinajstić information content (AvgIpc) is 2.04. The van der Waals surface area contributed by atoms with Crippen molar-refractivity contribution < 1.29 is 25.4 Å². The van der Waals surface area contributed by atoms with Gasteiger partial charge in [0, 0.05) is 11.6 Å². The first-order chi connectivity index (χ1) is 5.77. The third-order valence-corrected chi connectivity index (χ3v) is 1.83. The van der Waals surface area contributed by atoms with Crippen LogP contribution in [0.4, 0.5) is 0 Å². The van der Waals surface area contributed by atoms with Gasteiger partial charge in [0.05, 0.1) is 0 Å². The molecule has 3 heteroatoms. The summed E-state index contributed by atoms with van der Waals surface area (Å²) in [6, 6.07) is 7.52. The van der Waals surface area contributed by atoms with Crippen LogP contribution in [-0.4, -0.2) is 10.1 Å². The molecule has 0 saturated heterocycles. The van der Waals surface area contributed by atoms with Gasteiger partial charge >= 0.3 is 18.9 Å². The number of phenolic OH excluding ortho intramolecular Hbond substituents is 1. The van der Waals surface area contributed by atoms with Gasteiger partial charge in [0.15, 0.2) is 0 Å². The first-order valence-electron chi connectivity index (χ1n) is 3.82. The van der Waals surface area contributed by atoms with E-state index in [2.05, 4.69) is 4.98 Å². The van der Waals surface area contributed by atoms with Crippen molar-refractivity contribution in [2.45, 2.75) is 6.92 Å². The molecule has 0 saturated carbocycles. The summed E-state index contributed by atoms with van der Waals surface area (Å²) in [5.41, 5.74) is 1.72. The van der Waals surface area contributed by atoms with Crippen LogP contribution in [0.5, 0.6) is 5.75 Å². The maximum absolute atomic E-state index is 9.49. The zero-order chi connectivity index (χ0) is 8.55. The molecule has 0 fully saturated rings. The second kappa shape index (κ2) is 3.82. The van der Waals surface area contributed by atoms with E-state index >= 15 is 0 Å². The predicted octanol–water partition coefficient (Wildman–Crippen LogP) is -0.635. The number of aromatic hydroxyl groups is 1. The van der Waals surface area contributed by atoms with E-state index in [0.717, 1.165) is 10.9 Å². The topological polar surface area (TPSA) is 33.1 Å². The Balaban J connectivity index is 0.000000845. The number of hydrogen-bond donors (Lipinski definition) is 1. The minimum atomic E-state index is 0. The van der Waals surface area contributed by atoms with Crippen LogP contribution in [0.3, 0.4) is 0 Å². The maximum Gasteiger partial charge on any atom is 1.00 e. The van der Waals surface area contributed by atoms with E-state index in [1.165, 1.54) is 0 Å². The molecule has 2 nitrogen and oxygen atoms in total. The minimum absolute atomic E-state index is 0. The molecule has 1 N–H and O–H groups in total. The van der Waals surface area contributed by atoms with Crippen molar-refractivity contribution in [2.24, 2.45) is 0 Å². The van der Waals surface area contributed by atoms with Crippen molar-refractivity contribution in [1.29, 1.82) is 0 Å². The van der Waals surface area contributed by atoms with E-state index in [1.807, 2.05) is 25.1 Å². The van der Waals surface area contributed by atoms with E-state index in [4.69, 9.17) is 0 Å². The third-order valence-electron chi connectivity index (χ3n) is 1.83. The van der Waals surface area contributed by atoms with E-state index in [-0.39, 0.29) is 26.0 Å². The monoisotopic (exact) mass is 167 g/mol. The van der Waals surface area contributed by atoms with Crippen LogP contribution in [0.2, 0.25) is 0 Å². The molecule has 0 radical (unpaired) electrons. The van der Waals surface area contributed by atoms with Crippen LogP contribution in [0, 0.1) is 6.92 Å². The van der Waals surface area contributed by atoms with Crippen molar-refractivity contribution in [3.05, 3.63) is 36.0 Å². The molecule has 13 heavy (non-hydrogen) atoms. The van der Waals surface area contributed by atoms with Crippen molar-refractivity contribution in [3.8, 4) is 5.75 Å². The fourth-order valence-electron chi connectivity index (χ4n) is 1.32. The Bertz CT molecular complexity index is 433. The molecule has 0 bridgehead atoms. The standard InChI is InChI=1S/C10H9NO.Li.H/c1-7-5-8-3-2-4-11-10(8)9(12)6-7;;/h2-6,12H,1H3;;/q;+1;-1. The summed E-state index contributed by atoms with van der Waals surface area (Å²) in [6.45, 7) is 1.95. The Morgan fingerprint density at radius 2 is 2.15 bits per heavy atom. The summed E-state index contributed by atoms with van der Waals surface area (Å²) in [7, 11) is 0. The number of hydrogen-bond acceptors (Lipinski definition) is 2. The molecule has 1 aromatic carbocycles. The predicted molar refractivity (Wildman–Crippen MR) is 49.3 cm³/mol. The molecule has 0 aliphatic carbocycles. The van der Waals surface area contributed by atoms with Gasteiger partial charge in [-0.05, 0) is 30.7 Å². The van der Waals surface area contributed by atoms with Gasteiger partial charge in [-0.2, -0.15) is 0 Å². The van der Waals surface area contributed by atoms with Crippen molar-refractivity contribution in [2.75, 3.05) is 0 Å². The molecule has 0 amide bonds. The molecule has 1 heterocycles. The summed E-state index contributed by atoms with van der Waals surface area (Å²) in [4.78, 5) is 4.07. The number of nitrogens with zero attached hydrogens (tertiary/aromatic N) is 1. The van der Waals surface area contributed by atoms with Crippen molar-refractivity contribution in [1.82, 2.24) is 4.98 Å². The molecule has 0 atom stereocenters. The zero-order valence-corrected chi connectivity index (χ0v) is 7.78. The second-order valence-electron chi connectivity index (χ2n) is 2.86. The molecule has 2 rings (SSSR count). The average molecular weight is 167 g/mol. The fraction of sp³-hybridized carbons (Fsp3) is 0.100. The summed E-state index contributed by atoms with van der Waals surface area (Å²) >= 11 is 0. The SMILES string of the molecule is Cc1cc(O)c2ncccc2c1.[H-].[Li+]. The van der Waals surface area contributed by atoms with Gasteiger partial charge in [-0.1, -0.05) is 6.07 Å². The Morgan fingerprint density at radius 1 is 1.38 bits per heavy atom. The van der Waals surface area contributed by atoms with Crippen LogP contribution in [0.1, 0.15) is 6.99 Å². The molecule has 0 unspecified atom stereocenters. The van der Waals surface area contributed by atoms with Crippen molar-refractivity contribution >= 4 is 10.9 Å². The zero-order valence-electron chi connectivity index (χ0n) is 8.78. The molecule has 0 spiro atoms. The molecule has 62 valence electrons. The Morgan fingerprint density at radius 3 is 2.92 bits per heavy atom. The number of aromatic nitrogens is 1. The summed E-state index contributed by atoms with van der Waals surface area (Å²) in [6.07, 6.45) is 1.68.